The second-order valence-electron chi connectivity index (χ2n) is 7.43. The number of halogens is 3. The van der Waals surface area contributed by atoms with Crippen molar-refractivity contribution in [1.82, 2.24) is 0 Å². The summed E-state index contributed by atoms with van der Waals surface area (Å²) < 4.78 is 64.6. The van der Waals surface area contributed by atoms with Gasteiger partial charge in [-0.1, -0.05) is 30.3 Å². The van der Waals surface area contributed by atoms with Crippen LogP contribution >= 0.6 is 11.8 Å². The third kappa shape index (κ3) is 7.35. The number of aliphatic carboxylic acids is 1. The van der Waals surface area contributed by atoms with E-state index in [1.54, 1.807) is 30.3 Å². The van der Waals surface area contributed by atoms with Crippen molar-refractivity contribution >= 4 is 44.5 Å². The summed E-state index contributed by atoms with van der Waals surface area (Å²) in [7, 11) is -3.12. The maximum absolute atomic E-state index is 12.4. The fourth-order valence-corrected chi connectivity index (χ4v) is 4.97. The van der Waals surface area contributed by atoms with Gasteiger partial charge in [-0.2, -0.15) is 8.42 Å². The summed E-state index contributed by atoms with van der Waals surface area (Å²) in [5.74, 6) is -3.43. The molecule has 0 aliphatic heterocycles. The van der Waals surface area contributed by atoms with Crippen LogP contribution in [0.3, 0.4) is 0 Å². The number of hydrogen-bond acceptors (Lipinski definition) is 7. The number of amides is 1. The molecule has 0 heterocycles. The average Bonchev–Trinajstić information content (AvgIpc) is 2.83. The zero-order valence-corrected chi connectivity index (χ0v) is 20.2. The van der Waals surface area contributed by atoms with E-state index < -0.39 is 50.5 Å². The molecule has 0 aliphatic rings. The molecule has 1 atom stereocenters. The molecule has 0 aliphatic carbocycles. The molecule has 0 spiro atoms. The highest BCUT2D eigenvalue weighted by atomic mass is 32.2. The monoisotopic (exact) mass is 553 g/mol. The average molecular weight is 554 g/mol. The number of carboxylic acid groups (broad SMARTS) is 1. The van der Waals surface area contributed by atoms with E-state index >= 15 is 0 Å². The highest BCUT2D eigenvalue weighted by Gasteiger charge is 2.43. The Bertz CT molecular complexity index is 1400. The first-order valence-electron chi connectivity index (χ1n) is 10.3. The van der Waals surface area contributed by atoms with E-state index in [1.807, 2.05) is 0 Å². The summed E-state index contributed by atoms with van der Waals surface area (Å²) in [5, 5.41) is 23.1. The molecule has 0 saturated heterocycles. The van der Waals surface area contributed by atoms with Gasteiger partial charge in [0.15, 0.2) is 0 Å². The van der Waals surface area contributed by atoms with Gasteiger partial charge in [-0.25, -0.2) is 4.79 Å². The van der Waals surface area contributed by atoms with Crippen LogP contribution in [0, 0.1) is 0 Å². The molecule has 0 bridgehead atoms. The molecular formula is C24H18F3NO7S2. The number of benzene rings is 3. The largest absolute Gasteiger partial charge is 0.573 e. The molecule has 1 unspecified atom stereocenters. The normalized spacial score (nSPS) is 12.8. The van der Waals surface area contributed by atoms with Gasteiger partial charge in [-0.3, -0.25) is 4.79 Å². The lowest BCUT2D eigenvalue weighted by molar-refractivity contribution is -0.274. The number of carbonyl (C=O) groups excluding carboxylic acids is 1. The molecule has 0 aromatic heterocycles. The molecule has 8 nitrogen and oxygen atoms in total. The number of rotatable bonds is 9. The minimum atomic E-state index is -4.87. The number of nitrogens with one attached hydrogen (secondary N) is 1. The predicted molar refractivity (Wildman–Crippen MR) is 130 cm³/mol. The smallest absolute Gasteiger partial charge is 0.479 e. The Kier molecular flexibility index (Phi) is 8.63. The number of hydrogen-bond donors (Lipinski definition) is 3. The summed E-state index contributed by atoms with van der Waals surface area (Å²) >= 11 is 0.956. The Morgan fingerprint density at radius 2 is 1.46 bits per heavy atom. The van der Waals surface area contributed by atoms with Gasteiger partial charge in [0.25, 0.3) is 5.91 Å². The minimum absolute atomic E-state index is 0.0182. The lowest BCUT2D eigenvalue weighted by Crippen LogP contribution is -2.50. The topological polar surface area (TPSA) is 130 Å². The van der Waals surface area contributed by atoms with E-state index in [0.717, 1.165) is 36.0 Å². The van der Waals surface area contributed by atoms with E-state index in [9.17, 15) is 41.4 Å². The second kappa shape index (κ2) is 11.5. The Morgan fingerprint density at radius 1 is 0.892 bits per heavy atom. The van der Waals surface area contributed by atoms with Crippen LogP contribution in [0.4, 0.5) is 18.9 Å². The third-order valence-electron chi connectivity index (χ3n) is 4.84. The summed E-state index contributed by atoms with van der Waals surface area (Å²) in [5.41, 5.74) is -2.67. The number of anilines is 1. The Labute approximate surface area is 214 Å². The molecular weight excluding hydrogens is 535 g/mol. The lowest BCUT2D eigenvalue weighted by Gasteiger charge is -2.23. The third-order valence-corrected chi connectivity index (χ3v) is 6.92. The molecule has 13 heteroatoms. The Morgan fingerprint density at radius 3 is 1.97 bits per heavy atom. The van der Waals surface area contributed by atoms with Crippen molar-refractivity contribution in [1.29, 1.82) is 0 Å². The SMILES string of the molecule is O=C(Nc1ccc(C(=S(=O)=O)C(O)(CSc2ccccc2)C(=O)O)cc1)c1ccc(OC(F)(F)F)cc1. The molecule has 1 amide bonds. The number of aliphatic hydroxyl groups is 1. The van der Waals surface area contributed by atoms with Crippen LogP contribution in [0.2, 0.25) is 0 Å². The van der Waals surface area contributed by atoms with E-state index in [0.29, 0.717) is 4.90 Å². The molecule has 0 radical (unpaired) electrons. The standard InChI is InChI=1S/C24H18F3NO7S2/c25-24(26,27)35-18-12-8-16(9-13-18)21(29)28-17-10-6-15(7-11-17)20(37(33)34)23(32,22(30)31)14-36-19-4-2-1-3-5-19/h1-13,32H,14H2,(H,28,29)(H,30,31). The summed E-state index contributed by atoms with van der Waals surface area (Å²) in [6, 6.07) is 17.7. The van der Waals surface area contributed by atoms with Gasteiger partial charge in [0, 0.05) is 21.9 Å². The first-order valence-corrected chi connectivity index (χ1v) is 12.3. The fraction of sp³-hybridized carbons (Fsp3) is 0.125. The molecule has 3 aromatic carbocycles. The highest BCUT2D eigenvalue weighted by molar-refractivity contribution is 7.99. The van der Waals surface area contributed by atoms with Crippen LogP contribution in [-0.4, -0.2) is 53.1 Å². The van der Waals surface area contributed by atoms with Crippen LogP contribution in [-0.2, 0) is 15.1 Å². The van der Waals surface area contributed by atoms with Crippen molar-refractivity contribution in [3.05, 3.63) is 90.0 Å². The van der Waals surface area contributed by atoms with E-state index in [-0.39, 0.29) is 16.8 Å². The lowest BCUT2D eigenvalue weighted by atomic mass is 9.96. The quantitative estimate of drug-likeness (QED) is 0.207. The first-order chi connectivity index (χ1) is 17.4. The Balaban J connectivity index is 1.78. The number of carboxylic acids is 1. The number of thioether (sulfide) groups is 1. The van der Waals surface area contributed by atoms with Gasteiger partial charge >= 0.3 is 12.3 Å². The van der Waals surface area contributed by atoms with Crippen LogP contribution < -0.4 is 10.1 Å². The van der Waals surface area contributed by atoms with Gasteiger partial charge < -0.3 is 20.3 Å². The van der Waals surface area contributed by atoms with Crippen molar-refractivity contribution in [2.24, 2.45) is 0 Å². The van der Waals surface area contributed by atoms with Crippen molar-refractivity contribution in [2.45, 2.75) is 16.9 Å². The van der Waals surface area contributed by atoms with E-state index in [4.69, 9.17) is 0 Å². The molecule has 0 saturated carbocycles. The van der Waals surface area contributed by atoms with Crippen molar-refractivity contribution in [3.8, 4) is 5.75 Å². The van der Waals surface area contributed by atoms with Crippen LogP contribution in [0.25, 0.3) is 0 Å². The molecule has 3 rings (SSSR count). The van der Waals surface area contributed by atoms with Gasteiger partial charge in [-0.05, 0) is 54.1 Å². The van der Waals surface area contributed by atoms with Crippen LogP contribution in [0.15, 0.2) is 83.8 Å². The van der Waals surface area contributed by atoms with Gasteiger partial charge in [0.05, 0.1) is 0 Å². The molecule has 3 N–H and O–H groups in total. The molecule has 194 valence electrons. The maximum atomic E-state index is 12.4. The number of alkyl halides is 3. The van der Waals surface area contributed by atoms with Crippen molar-refractivity contribution < 1.29 is 46.1 Å². The number of ether oxygens (including phenoxy) is 1. The zero-order valence-electron chi connectivity index (χ0n) is 18.6. The summed E-state index contributed by atoms with van der Waals surface area (Å²) in [4.78, 5) is 24.2. The molecule has 0 fully saturated rings. The van der Waals surface area contributed by atoms with Gasteiger partial charge in [-0.15, -0.1) is 24.9 Å². The van der Waals surface area contributed by atoms with Gasteiger partial charge in [0.2, 0.25) is 15.9 Å². The molecule has 37 heavy (non-hydrogen) atoms. The first kappa shape index (κ1) is 27.8. The van der Waals surface area contributed by atoms with Crippen molar-refractivity contribution in [3.63, 3.8) is 0 Å². The van der Waals surface area contributed by atoms with Crippen LogP contribution in [0.1, 0.15) is 15.9 Å². The maximum Gasteiger partial charge on any atom is 0.573 e. The second-order valence-corrected chi connectivity index (χ2v) is 9.36. The van der Waals surface area contributed by atoms with Crippen LogP contribution in [0.5, 0.6) is 5.75 Å². The summed E-state index contributed by atoms with van der Waals surface area (Å²) in [6.45, 7) is 0. The fourth-order valence-electron chi connectivity index (χ4n) is 3.12. The number of carbonyl (C=O) groups is 2. The van der Waals surface area contributed by atoms with Crippen molar-refractivity contribution in [2.75, 3.05) is 11.1 Å². The minimum Gasteiger partial charge on any atom is -0.479 e. The van der Waals surface area contributed by atoms with E-state index in [1.165, 1.54) is 24.3 Å². The Hall–Kier alpha value is -3.81. The summed E-state index contributed by atoms with van der Waals surface area (Å²) in [6.07, 6.45) is -4.87. The highest BCUT2D eigenvalue weighted by Crippen LogP contribution is 2.27. The molecule has 3 aromatic rings. The van der Waals surface area contributed by atoms with E-state index in [2.05, 4.69) is 10.1 Å². The van der Waals surface area contributed by atoms with Gasteiger partial charge in [0.1, 0.15) is 10.6 Å². The predicted octanol–water partition coefficient (Wildman–Crippen LogP) is 3.85. The zero-order chi connectivity index (χ0) is 27.2.